The molecule has 2 rings (SSSR count). The topological polar surface area (TPSA) is 52.7 Å². The van der Waals surface area contributed by atoms with E-state index in [0.29, 0.717) is 38.1 Å². The van der Waals surface area contributed by atoms with Gasteiger partial charge in [-0.3, -0.25) is 0 Å². The molecular weight excluding hydrogens is 286 g/mol. The summed E-state index contributed by atoms with van der Waals surface area (Å²) in [5.74, 6) is 0.657. The summed E-state index contributed by atoms with van der Waals surface area (Å²) in [5, 5.41) is 3.56. The van der Waals surface area contributed by atoms with Crippen LogP contribution in [0.1, 0.15) is 52.4 Å². The van der Waals surface area contributed by atoms with E-state index in [2.05, 4.69) is 5.32 Å². The van der Waals surface area contributed by atoms with Gasteiger partial charge in [-0.05, 0) is 51.0 Å². The molecule has 2 saturated heterocycles. The second kappa shape index (κ2) is 7.90. The van der Waals surface area contributed by atoms with Crippen LogP contribution >= 0.6 is 0 Å². The van der Waals surface area contributed by atoms with E-state index in [0.717, 1.165) is 32.2 Å². The number of rotatable bonds is 7. The molecule has 0 saturated carbocycles. The molecule has 0 bridgehead atoms. The minimum atomic E-state index is -3.25. The van der Waals surface area contributed by atoms with Crippen molar-refractivity contribution in [1.82, 2.24) is 13.9 Å². The van der Waals surface area contributed by atoms with Gasteiger partial charge in [-0.2, -0.15) is 17.0 Å². The summed E-state index contributed by atoms with van der Waals surface area (Å²) in [6.45, 7) is 7.86. The minimum absolute atomic E-state index is 0.622. The van der Waals surface area contributed by atoms with Crippen LogP contribution < -0.4 is 5.32 Å². The molecule has 0 aromatic carbocycles. The normalized spacial score (nSPS) is 25.8. The van der Waals surface area contributed by atoms with Crippen LogP contribution in [-0.4, -0.2) is 55.8 Å². The molecule has 2 aliphatic rings. The van der Waals surface area contributed by atoms with E-state index in [1.54, 1.807) is 8.61 Å². The van der Waals surface area contributed by atoms with Crippen LogP contribution in [0.2, 0.25) is 0 Å². The second-order valence-corrected chi connectivity index (χ2v) is 8.27. The Bertz CT molecular complexity index is 393. The summed E-state index contributed by atoms with van der Waals surface area (Å²) in [4.78, 5) is 0. The van der Waals surface area contributed by atoms with Gasteiger partial charge in [0, 0.05) is 32.2 Å². The first-order valence-corrected chi connectivity index (χ1v) is 9.97. The molecule has 124 valence electrons. The predicted octanol–water partition coefficient (Wildman–Crippen LogP) is 1.82. The maximum absolute atomic E-state index is 12.7. The summed E-state index contributed by atoms with van der Waals surface area (Å²) in [5.41, 5.74) is 0. The van der Waals surface area contributed by atoms with Crippen LogP contribution in [0, 0.1) is 5.92 Å². The van der Waals surface area contributed by atoms with Gasteiger partial charge in [-0.25, -0.2) is 0 Å². The fourth-order valence-corrected chi connectivity index (χ4v) is 5.45. The molecule has 0 aliphatic carbocycles. The third-order valence-electron chi connectivity index (χ3n) is 4.76. The van der Waals surface area contributed by atoms with E-state index in [1.807, 2.05) is 13.8 Å². The minimum Gasteiger partial charge on any atom is -0.314 e. The zero-order chi connectivity index (χ0) is 15.3. The highest BCUT2D eigenvalue weighted by Gasteiger charge is 2.35. The molecule has 1 unspecified atom stereocenters. The van der Waals surface area contributed by atoms with Gasteiger partial charge in [-0.1, -0.05) is 13.8 Å². The van der Waals surface area contributed by atoms with Crippen molar-refractivity contribution in [1.29, 1.82) is 0 Å². The van der Waals surface area contributed by atoms with Gasteiger partial charge in [-0.15, -0.1) is 0 Å². The summed E-state index contributed by atoms with van der Waals surface area (Å²) in [7, 11) is -3.25. The lowest BCUT2D eigenvalue weighted by Crippen LogP contribution is -2.49. The SMILES string of the molecule is CCCN(CCC)S(=O)(=O)N1CCC(C2CCCN2)CC1. The number of piperidine rings is 1. The Kier molecular flexibility index (Phi) is 6.47. The van der Waals surface area contributed by atoms with Crippen LogP contribution in [0.25, 0.3) is 0 Å². The van der Waals surface area contributed by atoms with E-state index < -0.39 is 10.2 Å². The maximum Gasteiger partial charge on any atom is 0.281 e. The van der Waals surface area contributed by atoms with Crippen molar-refractivity contribution in [2.45, 2.75) is 58.4 Å². The first-order chi connectivity index (χ1) is 10.1. The van der Waals surface area contributed by atoms with Crippen molar-refractivity contribution in [2.75, 3.05) is 32.7 Å². The first kappa shape index (κ1) is 17.2. The molecular formula is C15H31N3O2S. The molecule has 0 amide bonds. The summed E-state index contributed by atoms with van der Waals surface area (Å²) in [6, 6.07) is 0.622. The lowest BCUT2D eigenvalue weighted by Gasteiger charge is -2.36. The van der Waals surface area contributed by atoms with Crippen molar-refractivity contribution < 1.29 is 8.42 Å². The largest absolute Gasteiger partial charge is 0.314 e. The quantitative estimate of drug-likeness (QED) is 0.779. The predicted molar refractivity (Wildman–Crippen MR) is 86.4 cm³/mol. The molecule has 2 fully saturated rings. The van der Waals surface area contributed by atoms with Crippen molar-refractivity contribution in [3.8, 4) is 0 Å². The van der Waals surface area contributed by atoms with E-state index in [4.69, 9.17) is 0 Å². The van der Waals surface area contributed by atoms with Crippen molar-refractivity contribution in [3.63, 3.8) is 0 Å². The zero-order valence-corrected chi connectivity index (χ0v) is 14.4. The molecule has 2 heterocycles. The fraction of sp³-hybridized carbons (Fsp3) is 1.00. The number of hydrogen-bond donors (Lipinski definition) is 1. The molecule has 0 aromatic rings. The lowest BCUT2D eigenvalue weighted by atomic mass is 9.89. The Labute approximate surface area is 130 Å². The lowest BCUT2D eigenvalue weighted by molar-refractivity contribution is 0.221. The van der Waals surface area contributed by atoms with Crippen LogP contribution in [0.3, 0.4) is 0 Å². The molecule has 0 radical (unpaired) electrons. The molecule has 2 aliphatic heterocycles. The zero-order valence-electron chi connectivity index (χ0n) is 13.6. The Balaban J connectivity index is 1.92. The summed E-state index contributed by atoms with van der Waals surface area (Å²) < 4.78 is 28.8. The van der Waals surface area contributed by atoms with Gasteiger partial charge in [0.15, 0.2) is 0 Å². The Morgan fingerprint density at radius 2 is 1.71 bits per heavy atom. The average Bonchev–Trinajstić information content (AvgIpc) is 3.01. The van der Waals surface area contributed by atoms with E-state index >= 15 is 0 Å². The third kappa shape index (κ3) is 4.18. The highest BCUT2D eigenvalue weighted by Crippen LogP contribution is 2.27. The molecule has 0 spiro atoms. The number of nitrogens with one attached hydrogen (secondary N) is 1. The Hall–Kier alpha value is -0.170. The second-order valence-electron chi connectivity index (χ2n) is 6.35. The Morgan fingerprint density at radius 3 is 2.19 bits per heavy atom. The van der Waals surface area contributed by atoms with Gasteiger partial charge in [0.1, 0.15) is 0 Å². The summed E-state index contributed by atoms with van der Waals surface area (Å²) >= 11 is 0. The smallest absolute Gasteiger partial charge is 0.281 e. The van der Waals surface area contributed by atoms with Crippen molar-refractivity contribution >= 4 is 10.2 Å². The summed E-state index contributed by atoms with van der Waals surface area (Å²) in [6.07, 6.45) is 6.29. The van der Waals surface area contributed by atoms with Crippen molar-refractivity contribution in [2.24, 2.45) is 5.92 Å². The number of hydrogen-bond acceptors (Lipinski definition) is 3. The molecule has 6 heteroatoms. The van der Waals surface area contributed by atoms with E-state index in [9.17, 15) is 8.42 Å². The first-order valence-electron chi connectivity index (χ1n) is 8.58. The van der Waals surface area contributed by atoms with Crippen molar-refractivity contribution in [3.05, 3.63) is 0 Å². The average molecular weight is 317 g/mol. The van der Waals surface area contributed by atoms with Gasteiger partial charge in [0.25, 0.3) is 10.2 Å². The molecule has 1 atom stereocenters. The van der Waals surface area contributed by atoms with Crippen LogP contribution in [-0.2, 0) is 10.2 Å². The molecule has 1 N–H and O–H groups in total. The van der Waals surface area contributed by atoms with E-state index in [1.165, 1.54) is 12.8 Å². The van der Waals surface area contributed by atoms with Gasteiger partial charge >= 0.3 is 0 Å². The van der Waals surface area contributed by atoms with Gasteiger partial charge < -0.3 is 5.32 Å². The van der Waals surface area contributed by atoms with Crippen LogP contribution in [0.5, 0.6) is 0 Å². The van der Waals surface area contributed by atoms with Gasteiger partial charge in [0.05, 0.1) is 0 Å². The highest BCUT2D eigenvalue weighted by molar-refractivity contribution is 7.86. The van der Waals surface area contributed by atoms with Crippen LogP contribution in [0.15, 0.2) is 0 Å². The van der Waals surface area contributed by atoms with E-state index in [-0.39, 0.29) is 0 Å². The van der Waals surface area contributed by atoms with Gasteiger partial charge in [0.2, 0.25) is 0 Å². The standard InChI is InChI=1S/C15H31N3O2S/c1-3-10-17(11-4-2)21(19,20)18-12-7-14(8-13-18)15-6-5-9-16-15/h14-16H,3-13H2,1-2H3. The molecule has 0 aromatic heterocycles. The Morgan fingerprint density at radius 1 is 1.10 bits per heavy atom. The third-order valence-corrected chi connectivity index (χ3v) is 6.80. The molecule has 5 nitrogen and oxygen atoms in total. The molecule has 21 heavy (non-hydrogen) atoms. The highest BCUT2D eigenvalue weighted by atomic mass is 32.2. The van der Waals surface area contributed by atoms with Crippen LogP contribution in [0.4, 0.5) is 0 Å². The number of nitrogens with zero attached hydrogens (tertiary/aromatic N) is 2. The fourth-order valence-electron chi connectivity index (χ4n) is 3.63. The maximum atomic E-state index is 12.7. The monoisotopic (exact) mass is 317 g/mol.